The number of hydrogen-bond acceptors (Lipinski definition) is 7. The molecule has 1 saturated heterocycles. The molecule has 2 heterocycles. The largest absolute Gasteiger partial charge is 0.482 e. The average Bonchev–Trinajstić information content (AvgIpc) is 3.62. The van der Waals surface area contributed by atoms with E-state index in [0.29, 0.717) is 11.8 Å². The average molecular weight is 540 g/mol. The van der Waals surface area contributed by atoms with Crippen LogP contribution in [0.3, 0.4) is 0 Å². The van der Waals surface area contributed by atoms with Crippen LogP contribution in [0.1, 0.15) is 77.3 Å². The lowest BCUT2D eigenvalue weighted by Crippen LogP contribution is -2.83. The van der Waals surface area contributed by atoms with Gasteiger partial charge in [0.2, 0.25) is 0 Å². The number of fused-ring (bicyclic) bond motifs is 2. The molecule has 2 spiro atoms. The zero-order valence-electron chi connectivity index (χ0n) is 24.5. The summed E-state index contributed by atoms with van der Waals surface area (Å²) in [6.07, 6.45) is 7.28. The summed E-state index contributed by atoms with van der Waals surface area (Å²) in [7, 11) is 3.31. The molecule has 39 heavy (non-hydrogen) atoms. The molecular formula is C32H45NO6. The summed E-state index contributed by atoms with van der Waals surface area (Å²) < 4.78 is 24.6. The standard InChI is InChI=1S/C32H45NO6/c1-28(2,3)29(4,35)22-16-30-11-12-32(22,37-6)27-31(30)13-14-33(17-19-7-8-19)23(30)15-20-9-10-21(26(39-27)25(20)31)38-24(34)18-36-5/h9-10,19,22-23,27,35H,7-8,11-18H2,1-6H3/t22-,23-,27-,29+,30-,31+,32-/m1/s1. The summed E-state index contributed by atoms with van der Waals surface area (Å²) >= 11 is 0. The Labute approximate surface area is 232 Å². The van der Waals surface area contributed by atoms with Crippen molar-refractivity contribution >= 4 is 5.97 Å². The Bertz CT molecular complexity index is 1200. The second kappa shape index (κ2) is 8.21. The Balaban J connectivity index is 1.43. The van der Waals surface area contributed by atoms with Gasteiger partial charge < -0.3 is 24.1 Å². The van der Waals surface area contributed by atoms with Gasteiger partial charge in [-0.2, -0.15) is 0 Å². The molecule has 0 amide bonds. The van der Waals surface area contributed by atoms with Gasteiger partial charge in [-0.15, -0.1) is 0 Å². The van der Waals surface area contributed by atoms with E-state index in [1.165, 1.54) is 37.6 Å². The van der Waals surface area contributed by atoms with Crippen LogP contribution in [0.4, 0.5) is 0 Å². The molecule has 7 aliphatic rings. The first kappa shape index (κ1) is 26.2. The van der Waals surface area contributed by atoms with Crippen LogP contribution in [0, 0.1) is 22.7 Å². The molecule has 4 saturated carbocycles. The number of aliphatic hydroxyl groups is 1. The van der Waals surface area contributed by atoms with E-state index in [2.05, 4.69) is 31.7 Å². The van der Waals surface area contributed by atoms with Gasteiger partial charge in [0, 0.05) is 49.1 Å². The molecule has 0 aromatic heterocycles. The first-order valence-corrected chi connectivity index (χ1v) is 15.0. The SMILES string of the molecule is COCC(=O)Oc1ccc2c3c1O[C@H]1[C@@]4(OC)CC[C@@]5(C[C@@H]4[C@](C)(O)C(C)(C)C)[C@@H](C2)N(CC2CC2)CC[C@]315. The van der Waals surface area contributed by atoms with Crippen LogP contribution in [0.15, 0.2) is 12.1 Å². The van der Waals surface area contributed by atoms with Crippen molar-refractivity contribution < 1.29 is 28.8 Å². The fourth-order valence-electron chi connectivity index (χ4n) is 9.92. The van der Waals surface area contributed by atoms with Gasteiger partial charge in [0.15, 0.2) is 11.5 Å². The summed E-state index contributed by atoms with van der Waals surface area (Å²) in [6, 6.07) is 4.50. The van der Waals surface area contributed by atoms with Gasteiger partial charge in [0.05, 0.1) is 5.60 Å². The Hall–Kier alpha value is -1.67. The number of methoxy groups -OCH3 is 2. The maximum absolute atomic E-state index is 12.5. The Morgan fingerprint density at radius 3 is 2.59 bits per heavy atom. The van der Waals surface area contributed by atoms with Gasteiger partial charge in [0.1, 0.15) is 18.3 Å². The quantitative estimate of drug-likeness (QED) is 0.410. The third kappa shape index (κ3) is 3.16. The number of nitrogens with zero attached hydrogens (tertiary/aromatic N) is 1. The summed E-state index contributed by atoms with van der Waals surface area (Å²) in [6.45, 7) is 10.6. The predicted molar refractivity (Wildman–Crippen MR) is 146 cm³/mol. The number of rotatable bonds is 7. The van der Waals surface area contributed by atoms with E-state index in [0.717, 1.165) is 50.3 Å². The number of piperidine rings is 1. The lowest BCUT2D eigenvalue weighted by Gasteiger charge is -2.75. The molecule has 8 rings (SSSR count). The number of hydrogen-bond donors (Lipinski definition) is 1. The van der Waals surface area contributed by atoms with Crippen LogP contribution in [0.2, 0.25) is 0 Å². The molecule has 1 N–H and O–H groups in total. The van der Waals surface area contributed by atoms with E-state index in [1.54, 1.807) is 0 Å². The second-order valence-corrected chi connectivity index (χ2v) is 14.7. The first-order valence-electron chi connectivity index (χ1n) is 15.0. The predicted octanol–water partition coefficient (Wildman–Crippen LogP) is 4.26. The number of benzene rings is 1. The van der Waals surface area contributed by atoms with E-state index in [9.17, 15) is 9.90 Å². The molecule has 214 valence electrons. The molecule has 4 bridgehead atoms. The number of likely N-dealkylation sites (tertiary alicyclic amines) is 1. The normalized spacial score (nSPS) is 39.6. The highest BCUT2D eigenvalue weighted by atomic mass is 16.6. The van der Waals surface area contributed by atoms with Gasteiger partial charge >= 0.3 is 5.97 Å². The third-order valence-corrected chi connectivity index (χ3v) is 12.3. The number of esters is 1. The second-order valence-electron chi connectivity index (χ2n) is 14.7. The molecule has 5 aliphatic carbocycles. The van der Waals surface area contributed by atoms with Crippen molar-refractivity contribution in [3.8, 4) is 11.5 Å². The smallest absolute Gasteiger partial charge is 0.337 e. The lowest BCUT2D eigenvalue weighted by atomic mass is 9.33. The van der Waals surface area contributed by atoms with Crippen LogP contribution < -0.4 is 9.47 Å². The maximum Gasteiger partial charge on any atom is 0.337 e. The van der Waals surface area contributed by atoms with Crippen LogP contribution in [-0.2, 0) is 26.1 Å². The van der Waals surface area contributed by atoms with E-state index in [4.69, 9.17) is 18.9 Å². The van der Waals surface area contributed by atoms with Gasteiger partial charge in [-0.25, -0.2) is 4.79 Å². The van der Waals surface area contributed by atoms with Gasteiger partial charge in [-0.3, -0.25) is 4.90 Å². The molecule has 2 aliphatic heterocycles. The molecular weight excluding hydrogens is 494 g/mol. The zero-order chi connectivity index (χ0) is 27.6. The fourth-order valence-corrected chi connectivity index (χ4v) is 9.92. The van der Waals surface area contributed by atoms with Crippen LogP contribution >= 0.6 is 0 Å². The summed E-state index contributed by atoms with van der Waals surface area (Å²) in [4.78, 5) is 15.3. The van der Waals surface area contributed by atoms with Gasteiger partial charge in [-0.1, -0.05) is 26.8 Å². The van der Waals surface area contributed by atoms with Gasteiger partial charge in [-0.05, 0) is 81.4 Å². The molecule has 5 fully saturated rings. The van der Waals surface area contributed by atoms with Gasteiger partial charge in [0.25, 0.3) is 0 Å². The highest BCUT2D eigenvalue weighted by Gasteiger charge is 2.82. The van der Waals surface area contributed by atoms with Crippen molar-refractivity contribution in [2.75, 3.05) is 33.9 Å². The minimum Gasteiger partial charge on any atom is -0.482 e. The molecule has 7 atom stereocenters. The zero-order valence-corrected chi connectivity index (χ0v) is 24.5. The Morgan fingerprint density at radius 1 is 1.15 bits per heavy atom. The highest BCUT2D eigenvalue weighted by molar-refractivity contribution is 5.76. The van der Waals surface area contributed by atoms with E-state index >= 15 is 0 Å². The summed E-state index contributed by atoms with van der Waals surface area (Å²) in [5, 5.41) is 12.3. The van der Waals surface area contributed by atoms with Crippen molar-refractivity contribution in [2.45, 2.75) is 101 Å². The maximum atomic E-state index is 12.5. The minimum absolute atomic E-state index is 0.0294. The topological polar surface area (TPSA) is 77.5 Å². The number of ether oxygens (including phenoxy) is 4. The monoisotopic (exact) mass is 539 g/mol. The van der Waals surface area contributed by atoms with Crippen LogP contribution in [-0.4, -0.2) is 73.2 Å². The fraction of sp³-hybridized carbons (Fsp3) is 0.781. The van der Waals surface area contributed by atoms with Crippen LogP contribution in [0.5, 0.6) is 11.5 Å². The third-order valence-electron chi connectivity index (χ3n) is 12.3. The summed E-state index contributed by atoms with van der Waals surface area (Å²) in [5.74, 6) is 1.52. The molecule has 1 aromatic rings. The lowest BCUT2D eigenvalue weighted by molar-refractivity contribution is -0.312. The van der Waals surface area contributed by atoms with Crippen molar-refractivity contribution in [2.24, 2.45) is 22.7 Å². The Morgan fingerprint density at radius 2 is 1.92 bits per heavy atom. The van der Waals surface area contributed by atoms with E-state index in [1.807, 2.05) is 20.1 Å². The van der Waals surface area contributed by atoms with Crippen molar-refractivity contribution in [1.82, 2.24) is 4.90 Å². The number of carbonyl (C=O) groups excluding carboxylic acids is 1. The molecule has 0 unspecified atom stereocenters. The highest BCUT2D eigenvalue weighted by Crippen LogP contribution is 2.78. The van der Waals surface area contributed by atoms with E-state index < -0.39 is 17.2 Å². The van der Waals surface area contributed by atoms with Crippen molar-refractivity contribution in [3.63, 3.8) is 0 Å². The molecule has 1 aromatic carbocycles. The van der Waals surface area contributed by atoms with Crippen molar-refractivity contribution in [1.29, 1.82) is 0 Å². The molecule has 7 nitrogen and oxygen atoms in total. The summed E-state index contributed by atoms with van der Waals surface area (Å²) in [5.41, 5.74) is 0.407. The molecule has 7 heteroatoms. The first-order chi connectivity index (χ1) is 18.4. The molecule has 0 radical (unpaired) electrons. The van der Waals surface area contributed by atoms with Crippen molar-refractivity contribution in [3.05, 3.63) is 23.3 Å². The van der Waals surface area contributed by atoms with Crippen LogP contribution in [0.25, 0.3) is 0 Å². The number of carbonyl (C=O) groups is 1. The Kier molecular flexibility index (Phi) is 5.52. The van der Waals surface area contributed by atoms with E-state index in [-0.39, 0.29) is 34.9 Å². The minimum atomic E-state index is -0.959.